The predicted molar refractivity (Wildman–Crippen MR) is 69.5 cm³/mol. The van der Waals surface area contributed by atoms with Crippen molar-refractivity contribution in [3.63, 3.8) is 0 Å². The van der Waals surface area contributed by atoms with Gasteiger partial charge >= 0.3 is 0 Å². The maximum absolute atomic E-state index is 11.8. The highest BCUT2D eigenvalue weighted by Crippen LogP contribution is 2.06. The number of nitrogens with one attached hydrogen (secondary N) is 2. The van der Waals surface area contributed by atoms with Crippen molar-refractivity contribution < 1.29 is 13.2 Å². The Kier molecular flexibility index (Phi) is 5.54. The van der Waals surface area contributed by atoms with E-state index in [1.165, 1.54) is 12.1 Å². The highest BCUT2D eigenvalue weighted by molar-refractivity contribution is 7.89. The summed E-state index contributed by atoms with van der Waals surface area (Å²) < 4.78 is 25.9. The van der Waals surface area contributed by atoms with Crippen LogP contribution < -0.4 is 10.0 Å². The van der Waals surface area contributed by atoms with Gasteiger partial charge in [0.1, 0.15) is 0 Å². The fourth-order valence-electron chi connectivity index (χ4n) is 1.26. The molecule has 0 aliphatic carbocycles. The molecule has 5 nitrogen and oxygen atoms in total. The van der Waals surface area contributed by atoms with Gasteiger partial charge in [-0.1, -0.05) is 24.3 Å². The number of carbonyl (C=O) groups is 1. The van der Waals surface area contributed by atoms with Crippen molar-refractivity contribution in [1.29, 1.82) is 0 Å². The number of hydrogen-bond donors (Lipinski definition) is 2. The van der Waals surface area contributed by atoms with Gasteiger partial charge in [0.25, 0.3) is 0 Å². The third-order valence-corrected chi connectivity index (χ3v) is 3.62. The van der Waals surface area contributed by atoms with Gasteiger partial charge in [0.15, 0.2) is 0 Å². The Hall–Kier alpha value is -1.66. The van der Waals surface area contributed by atoms with Crippen LogP contribution in [0.15, 0.2) is 47.9 Å². The topological polar surface area (TPSA) is 75.3 Å². The largest absolute Gasteiger partial charge is 0.353 e. The van der Waals surface area contributed by atoms with E-state index < -0.39 is 10.0 Å². The van der Waals surface area contributed by atoms with Gasteiger partial charge in [-0.2, -0.15) is 0 Å². The molecule has 0 saturated heterocycles. The molecule has 1 aromatic rings. The molecule has 1 aromatic carbocycles. The average Bonchev–Trinajstić information content (AvgIpc) is 2.37. The van der Waals surface area contributed by atoms with Gasteiger partial charge in [-0.25, -0.2) is 13.1 Å². The molecular weight excluding hydrogens is 252 g/mol. The van der Waals surface area contributed by atoms with Crippen LogP contribution >= 0.6 is 0 Å². The first-order chi connectivity index (χ1) is 8.56. The summed E-state index contributed by atoms with van der Waals surface area (Å²) in [5, 5.41) is 2.57. The van der Waals surface area contributed by atoms with Gasteiger partial charge in [-0.3, -0.25) is 4.79 Å². The zero-order chi connectivity index (χ0) is 13.4. The van der Waals surface area contributed by atoms with Crippen molar-refractivity contribution >= 4 is 15.9 Å². The maximum atomic E-state index is 11.8. The third kappa shape index (κ3) is 4.68. The fraction of sp³-hybridized carbons (Fsp3) is 0.250. The Bertz CT molecular complexity index is 497. The fourth-order valence-corrected chi connectivity index (χ4v) is 2.31. The molecule has 2 N–H and O–H groups in total. The molecule has 0 unspecified atom stereocenters. The van der Waals surface area contributed by atoms with Gasteiger partial charge < -0.3 is 5.32 Å². The summed E-state index contributed by atoms with van der Waals surface area (Å²) in [6.07, 6.45) is 1.66. The molecule has 0 aliphatic heterocycles. The molecule has 0 radical (unpaired) electrons. The van der Waals surface area contributed by atoms with Crippen LogP contribution in [0.4, 0.5) is 0 Å². The molecule has 98 valence electrons. The molecule has 0 aliphatic rings. The van der Waals surface area contributed by atoms with Gasteiger partial charge in [0.05, 0.1) is 4.90 Å². The highest BCUT2D eigenvalue weighted by Gasteiger charge is 2.12. The lowest BCUT2D eigenvalue weighted by Crippen LogP contribution is -2.30. The molecular formula is C12H16N2O3S. The number of rotatable bonds is 7. The van der Waals surface area contributed by atoms with Crippen molar-refractivity contribution in [3.8, 4) is 0 Å². The van der Waals surface area contributed by atoms with Crippen molar-refractivity contribution in [2.24, 2.45) is 0 Å². The minimum absolute atomic E-state index is 0.0696. The van der Waals surface area contributed by atoms with Crippen LogP contribution in [-0.4, -0.2) is 27.4 Å². The number of sulfonamides is 1. The summed E-state index contributed by atoms with van der Waals surface area (Å²) in [5.74, 6) is -0.217. The van der Waals surface area contributed by atoms with Gasteiger partial charge in [-0.05, 0) is 12.1 Å². The number of hydrogen-bond acceptors (Lipinski definition) is 3. The summed E-state index contributed by atoms with van der Waals surface area (Å²) in [5.41, 5.74) is 0. The van der Waals surface area contributed by atoms with E-state index in [1.807, 2.05) is 0 Å². The van der Waals surface area contributed by atoms with E-state index in [4.69, 9.17) is 0 Å². The van der Waals surface area contributed by atoms with Crippen LogP contribution in [0.2, 0.25) is 0 Å². The molecule has 0 bridgehead atoms. The highest BCUT2D eigenvalue weighted by atomic mass is 32.2. The Balaban J connectivity index is 2.44. The summed E-state index contributed by atoms with van der Waals surface area (Å²) in [7, 11) is -3.53. The molecule has 1 rings (SSSR count). The zero-order valence-electron chi connectivity index (χ0n) is 9.93. The van der Waals surface area contributed by atoms with E-state index in [-0.39, 0.29) is 23.8 Å². The van der Waals surface area contributed by atoms with E-state index in [9.17, 15) is 13.2 Å². The molecule has 6 heteroatoms. The number of amides is 1. The lowest BCUT2D eigenvalue weighted by molar-refractivity contribution is -0.120. The van der Waals surface area contributed by atoms with Gasteiger partial charge in [-0.15, -0.1) is 6.58 Å². The summed E-state index contributed by atoms with van der Waals surface area (Å²) in [4.78, 5) is 11.4. The van der Waals surface area contributed by atoms with E-state index in [2.05, 4.69) is 16.6 Å². The van der Waals surface area contributed by atoms with Crippen LogP contribution in [0.5, 0.6) is 0 Å². The molecule has 0 aromatic heterocycles. The maximum Gasteiger partial charge on any atom is 0.240 e. The second-order valence-corrected chi connectivity index (χ2v) is 5.32. The third-order valence-electron chi connectivity index (χ3n) is 2.14. The second-order valence-electron chi connectivity index (χ2n) is 3.55. The summed E-state index contributed by atoms with van der Waals surface area (Å²) in [6, 6.07) is 8.03. The smallest absolute Gasteiger partial charge is 0.240 e. The summed E-state index contributed by atoms with van der Waals surface area (Å²) >= 11 is 0. The zero-order valence-corrected chi connectivity index (χ0v) is 10.7. The Labute approximate surface area is 107 Å². The van der Waals surface area contributed by atoms with Crippen molar-refractivity contribution in [1.82, 2.24) is 10.0 Å². The Morgan fingerprint density at radius 1 is 1.28 bits per heavy atom. The molecule has 0 spiro atoms. The lowest BCUT2D eigenvalue weighted by atomic mass is 10.4. The van der Waals surface area contributed by atoms with Crippen LogP contribution in [0.3, 0.4) is 0 Å². The van der Waals surface area contributed by atoms with Crippen molar-refractivity contribution in [2.75, 3.05) is 13.1 Å². The molecule has 0 heterocycles. The van der Waals surface area contributed by atoms with E-state index >= 15 is 0 Å². The van der Waals surface area contributed by atoms with Crippen LogP contribution in [0.25, 0.3) is 0 Å². The molecule has 1 amide bonds. The Morgan fingerprint density at radius 3 is 2.56 bits per heavy atom. The van der Waals surface area contributed by atoms with E-state index in [0.717, 1.165) is 0 Å². The normalized spacial score (nSPS) is 10.9. The average molecular weight is 268 g/mol. The lowest BCUT2D eigenvalue weighted by Gasteiger charge is -2.06. The summed E-state index contributed by atoms with van der Waals surface area (Å²) in [6.45, 7) is 3.91. The molecule has 0 fully saturated rings. The first-order valence-corrected chi connectivity index (χ1v) is 6.97. The van der Waals surface area contributed by atoms with Crippen molar-refractivity contribution in [3.05, 3.63) is 43.0 Å². The van der Waals surface area contributed by atoms with E-state index in [1.54, 1.807) is 24.3 Å². The molecule has 0 saturated carbocycles. The van der Waals surface area contributed by atoms with Gasteiger partial charge in [0.2, 0.25) is 15.9 Å². The SMILES string of the molecule is C=CCNC(=O)CCNS(=O)(=O)c1ccccc1. The minimum atomic E-state index is -3.53. The molecule has 18 heavy (non-hydrogen) atoms. The van der Waals surface area contributed by atoms with Gasteiger partial charge in [0, 0.05) is 19.5 Å². The number of carbonyl (C=O) groups excluding carboxylic acids is 1. The monoisotopic (exact) mass is 268 g/mol. The first-order valence-electron chi connectivity index (χ1n) is 5.48. The predicted octanol–water partition coefficient (Wildman–Crippen LogP) is 0.657. The van der Waals surface area contributed by atoms with Crippen molar-refractivity contribution in [2.45, 2.75) is 11.3 Å². The quantitative estimate of drug-likeness (QED) is 0.713. The van der Waals surface area contributed by atoms with E-state index in [0.29, 0.717) is 6.54 Å². The van der Waals surface area contributed by atoms with Crippen LogP contribution in [-0.2, 0) is 14.8 Å². The molecule has 0 atom stereocenters. The number of benzene rings is 1. The Morgan fingerprint density at radius 2 is 1.94 bits per heavy atom. The standard InChI is InChI=1S/C12H16N2O3S/c1-2-9-13-12(15)8-10-14-18(16,17)11-6-4-3-5-7-11/h2-7,14H,1,8-10H2,(H,13,15). The second kappa shape index (κ2) is 6.93. The van der Waals surface area contributed by atoms with Crippen LogP contribution in [0, 0.1) is 0 Å². The minimum Gasteiger partial charge on any atom is -0.353 e. The van der Waals surface area contributed by atoms with Crippen LogP contribution in [0.1, 0.15) is 6.42 Å². The first kappa shape index (κ1) is 14.4.